The third-order valence-corrected chi connectivity index (χ3v) is 3.02. The Hall–Kier alpha value is -3.00. The number of hydrogen-bond donors (Lipinski definition) is 2. The van der Waals surface area contributed by atoms with Crippen LogP contribution in [0.4, 0.5) is 5.69 Å². The number of carbonyl (C=O) groups excluding carboxylic acids is 2. The number of aromatic nitrogens is 4. The smallest absolute Gasteiger partial charge is 0.314 e. The fraction of sp³-hybridized carbons (Fsp3) is 0.0714. The van der Waals surface area contributed by atoms with Crippen molar-refractivity contribution in [2.75, 3.05) is 5.32 Å². The lowest BCUT2D eigenvalue weighted by Crippen LogP contribution is -2.35. The molecule has 0 saturated heterocycles. The summed E-state index contributed by atoms with van der Waals surface area (Å²) < 4.78 is 1.33. The Balaban J connectivity index is 2.21. The predicted octanol–water partition coefficient (Wildman–Crippen LogP) is 1.46. The van der Waals surface area contributed by atoms with E-state index in [-0.39, 0.29) is 11.4 Å². The molecule has 2 amide bonds. The second-order valence-electron chi connectivity index (χ2n) is 4.58. The number of rotatable bonds is 4. The summed E-state index contributed by atoms with van der Waals surface area (Å²) in [6, 6.07) is 4.70. The molecule has 9 heteroatoms. The quantitative estimate of drug-likeness (QED) is 0.652. The summed E-state index contributed by atoms with van der Waals surface area (Å²) in [6.07, 6.45) is 1.35. The Bertz CT molecular complexity index is 785. The molecular weight excluding hydrogens is 320 g/mol. The summed E-state index contributed by atoms with van der Waals surface area (Å²) in [4.78, 5) is 23.8. The van der Waals surface area contributed by atoms with E-state index in [1.54, 1.807) is 19.1 Å². The topological polar surface area (TPSA) is 102 Å². The Morgan fingerprint density at radius 2 is 2.00 bits per heavy atom. The maximum Gasteiger partial charge on any atom is 0.314 e. The molecule has 1 aromatic carbocycles. The second-order valence-corrected chi connectivity index (χ2v) is 5.02. The minimum absolute atomic E-state index is 0.261. The third-order valence-electron chi connectivity index (χ3n) is 2.79. The van der Waals surface area contributed by atoms with Crippen molar-refractivity contribution in [3.05, 3.63) is 54.0 Å². The van der Waals surface area contributed by atoms with Crippen LogP contribution in [0.2, 0.25) is 5.02 Å². The SMILES string of the molecule is C=C(C)C(=C)NC(=O)C(=O)Nc1cc(Cl)ccc1-n1cnnn1. The number of nitrogens with zero attached hydrogens (tertiary/aromatic N) is 4. The molecule has 1 aromatic heterocycles. The molecule has 0 aliphatic rings. The number of halogens is 1. The first kappa shape index (κ1) is 16.4. The Labute approximate surface area is 136 Å². The normalized spacial score (nSPS) is 10.0. The van der Waals surface area contributed by atoms with Crippen LogP contribution < -0.4 is 10.6 Å². The van der Waals surface area contributed by atoms with Gasteiger partial charge in [0.15, 0.2) is 0 Å². The van der Waals surface area contributed by atoms with Crippen LogP contribution in [0.1, 0.15) is 6.92 Å². The minimum atomic E-state index is -0.885. The van der Waals surface area contributed by atoms with Crippen LogP contribution >= 0.6 is 11.6 Å². The van der Waals surface area contributed by atoms with E-state index in [1.165, 1.54) is 17.1 Å². The van der Waals surface area contributed by atoms with Gasteiger partial charge in [-0.2, -0.15) is 4.68 Å². The Morgan fingerprint density at radius 1 is 1.26 bits per heavy atom. The van der Waals surface area contributed by atoms with Gasteiger partial charge in [0.25, 0.3) is 0 Å². The molecule has 0 fully saturated rings. The number of tetrazole rings is 1. The average Bonchev–Trinajstić information content (AvgIpc) is 3.01. The van der Waals surface area contributed by atoms with E-state index in [0.29, 0.717) is 16.3 Å². The van der Waals surface area contributed by atoms with E-state index in [0.717, 1.165) is 0 Å². The second kappa shape index (κ2) is 6.84. The molecule has 2 aromatic rings. The highest BCUT2D eigenvalue weighted by Crippen LogP contribution is 2.23. The van der Waals surface area contributed by atoms with Gasteiger partial charge >= 0.3 is 11.8 Å². The van der Waals surface area contributed by atoms with Crippen LogP contribution in [0.5, 0.6) is 0 Å². The zero-order valence-electron chi connectivity index (χ0n) is 12.2. The van der Waals surface area contributed by atoms with Gasteiger partial charge < -0.3 is 10.6 Å². The molecule has 0 spiro atoms. The van der Waals surface area contributed by atoms with Crippen molar-refractivity contribution in [1.82, 2.24) is 25.5 Å². The number of nitrogens with one attached hydrogen (secondary N) is 2. The molecule has 0 bridgehead atoms. The first-order valence-corrected chi connectivity index (χ1v) is 6.76. The van der Waals surface area contributed by atoms with Crippen LogP contribution in [0.3, 0.4) is 0 Å². The van der Waals surface area contributed by atoms with E-state index in [4.69, 9.17) is 11.6 Å². The first-order valence-electron chi connectivity index (χ1n) is 6.38. The molecule has 2 rings (SSSR count). The number of allylic oxidation sites excluding steroid dienone is 1. The summed E-state index contributed by atoms with van der Waals surface area (Å²) in [7, 11) is 0. The summed E-state index contributed by atoms with van der Waals surface area (Å²) in [5.74, 6) is -1.76. The predicted molar refractivity (Wildman–Crippen MR) is 84.9 cm³/mol. The molecule has 0 aliphatic carbocycles. The van der Waals surface area contributed by atoms with Gasteiger partial charge in [0.1, 0.15) is 6.33 Å². The maximum absolute atomic E-state index is 12.0. The molecular formula is C14H13ClN6O2. The highest BCUT2D eigenvalue weighted by Gasteiger charge is 2.17. The Kier molecular flexibility index (Phi) is 4.87. The zero-order chi connectivity index (χ0) is 17.0. The lowest BCUT2D eigenvalue weighted by atomic mass is 10.2. The lowest BCUT2D eigenvalue weighted by molar-refractivity contribution is -0.135. The number of benzene rings is 1. The maximum atomic E-state index is 12.0. The van der Waals surface area contributed by atoms with E-state index < -0.39 is 11.8 Å². The molecule has 0 aliphatic heterocycles. The molecule has 0 radical (unpaired) electrons. The van der Waals surface area contributed by atoms with Gasteiger partial charge in [-0.25, -0.2) is 0 Å². The average molecular weight is 333 g/mol. The minimum Gasteiger partial charge on any atom is -0.318 e. The van der Waals surface area contributed by atoms with E-state index in [9.17, 15) is 9.59 Å². The molecule has 2 N–H and O–H groups in total. The molecule has 0 unspecified atom stereocenters. The fourth-order valence-corrected chi connectivity index (χ4v) is 1.73. The summed E-state index contributed by atoms with van der Waals surface area (Å²) in [6.45, 7) is 8.87. The fourth-order valence-electron chi connectivity index (χ4n) is 1.56. The number of hydrogen-bond acceptors (Lipinski definition) is 5. The molecule has 0 atom stereocenters. The van der Waals surface area contributed by atoms with Crippen molar-refractivity contribution in [3.63, 3.8) is 0 Å². The standard InChI is InChI=1S/C14H13ClN6O2/c1-8(2)9(3)17-13(22)14(23)18-11-6-10(15)4-5-12(11)21-7-16-19-20-21/h4-7H,1,3H2,2H3,(H,17,22)(H,18,23). The van der Waals surface area contributed by atoms with Crippen molar-refractivity contribution in [2.24, 2.45) is 0 Å². The summed E-state index contributed by atoms with van der Waals surface area (Å²) >= 11 is 5.93. The Morgan fingerprint density at radius 3 is 2.61 bits per heavy atom. The van der Waals surface area contributed by atoms with Gasteiger partial charge in [-0.15, -0.1) is 5.10 Å². The molecule has 23 heavy (non-hydrogen) atoms. The largest absolute Gasteiger partial charge is 0.318 e. The van der Waals surface area contributed by atoms with Crippen molar-refractivity contribution in [3.8, 4) is 5.69 Å². The highest BCUT2D eigenvalue weighted by molar-refractivity contribution is 6.40. The van der Waals surface area contributed by atoms with E-state index >= 15 is 0 Å². The van der Waals surface area contributed by atoms with Crippen molar-refractivity contribution in [1.29, 1.82) is 0 Å². The van der Waals surface area contributed by atoms with Gasteiger partial charge in [0.05, 0.1) is 11.4 Å². The molecule has 1 heterocycles. The van der Waals surface area contributed by atoms with Crippen LogP contribution in [0.25, 0.3) is 5.69 Å². The van der Waals surface area contributed by atoms with Gasteiger partial charge in [-0.3, -0.25) is 9.59 Å². The number of amides is 2. The molecule has 0 saturated carbocycles. The van der Waals surface area contributed by atoms with Crippen LogP contribution in [0.15, 0.2) is 49.0 Å². The van der Waals surface area contributed by atoms with Crippen molar-refractivity contribution < 1.29 is 9.59 Å². The number of anilines is 1. The van der Waals surface area contributed by atoms with Gasteiger partial charge in [0.2, 0.25) is 0 Å². The van der Waals surface area contributed by atoms with E-state index in [2.05, 4.69) is 39.3 Å². The van der Waals surface area contributed by atoms with Gasteiger partial charge in [-0.05, 0) is 41.1 Å². The van der Waals surface area contributed by atoms with E-state index in [1.807, 2.05) is 0 Å². The van der Waals surface area contributed by atoms with Crippen molar-refractivity contribution >= 4 is 29.1 Å². The van der Waals surface area contributed by atoms with Crippen molar-refractivity contribution in [2.45, 2.75) is 6.92 Å². The number of carbonyl (C=O) groups is 2. The highest BCUT2D eigenvalue weighted by atomic mass is 35.5. The summed E-state index contributed by atoms with van der Waals surface area (Å²) in [5, 5.41) is 16.0. The van der Waals surface area contributed by atoms with Crippen LogP contribution in [-0.4, -0.2) is 32.0 Å². The summed E-state index contributed by atoms with van der Waals surface area (Å²) in [5.41, 5.74) is 1.55. The van der Waals surface area contributed by atoms with Gasteiger partial charge in [0, 0.05) is 10.7 Å². The molecule has 118 valence electrons. The monoisotopic (exact) mass is 332 g/mol. The molecule has 8 nitrogen and oxygen atoms in total. The van der Waals surface area contributed by atoms with Crippen LogP contribution in [0, 0.1) is 0 Å². The van der Waals surface area contributed by atoms with Gasteiger partial charge in [-0.1, -0.05) is 24.8 Å². The third kappa shape index (κ3) is 4.01. The van der Waals surface area contributed by atoms with Crippen LogP contribution in [-0.2, 0) is 9.59 Å². The zero-order valence-corrected chi connectivity index (χ0v) is 13.0. The lowest BCUT2D eigenvalue weighted by Gasteiger charge is -2.11. The first-order chi connectivity index (χ1) is 10.9.